The van der Waals surface area contributed by atoms with Crippen molar-refractivity contribution < 1.29 is 22.7 Å². The van der Waals surface area contributed by atoms with E-state index in [-0.39, 0.29) is 15.5 Å². The second-order valence-electron chi connectivity index (χ2n) is 5.46. The van der Waals surface area contributed by atoms with Gasteiger partial charge in [0.05, 0.1) is 21.2 Å². The molecule has 2 aromatic rings. The second-order valence-corrected chi connectivity index (χ2v) is 8.32. The van der Waals surface area contributed by atoms with E-state index < -0.39 is 27.8 Å². The fourth-order valence-corrected chi connectivity index (χ4v) is 3.03. The van der Waals surface area contributed by atoms with Gasteiger partial charge in [0.15, 0.2) is 15.9 Å². The Kier molecular flexibility index (Phi) is 6.28. The van der Waals surface area contributed by atoms with Crippen molar-refractivity contribution in [1.29, 1.82) is 0 Å². The van der Waals surface area contributed by atoms with Gasteiger partial charge in [-0.1, -0.05) is 23.2 Å². The Bertz CT molecular complexity index is 942. The first-order valence-corrected chi connectivity index (χ1v) is 9.99. The summed E-state index contributed by atoms with van der Waals surface area (Å²) >= 11 is 11.8. The third-order valence-electron chi connectivity index (χ3n) is 3.36. The summed E-state index contributed by atoms with van der Waals surface area (Å²) in [6.45, 7) is 1.40. The highest BCUT2D eigenvalue weighted by Crippen LogP contribution is 2.25. The minimum absolute atomic E-state index is 0.0808. The monoisotopic (exact) mass is 415 g/mol. The van der Waals surface area contributed by atoms with E-state index in [1.54, 1.807) is 6.07 Å². The van der Waals surface area contributed by atoms with Crippen molar-refractivity contribution in [1.82, 2.24) is 0 Å². The van der Waals surface area contributed by atoms with Crippen LogP contribution in [0.3, 0.4) is 0 Å². The van der Waals surface area contributed by atoms with Crippen LogP contribution in [-0.4, -0.2) is 32.7 Å². The molecule has 1 atom stereocenters. The lowest BCUT2D eigenvalue weighted by Gasteiger charge is -2.14. The van der Waals surface area contributed by atoms with E-state index in [4.69, 9.17) is 27.9 Å². The van der Waals surface area contributed by atoms with Crippen molar-refractivity contribution in [3.8, 4) is 0 Å². The summed E-state index contributed by atoms with van der Waals surface area (Å²) in [6.07, 6.45) is -0.0296. The van der Waals surface area contributed by atoms with E-state index in [1.165, 1.54) is 43.3 Å². The maximum atomic E-state index is 12.1. The van der Waals surface area contributed by atoms with Crippen molar-refractivity contribution in [3.05, 3.63) is 58.1 Å². The molecule has 0 heterocycles. The Balaban J connectivity index is 2.02. The van der Waals surface area contributed by atoms with Crippen LogP contribution in [0.15, 0.2) is 47.4 Å². The first kappa shape index (κ1) is 20.2. The van der Waals surface area contributed by atoms with Crippen molar-refractivity contribution in [2.45, 2.75) is 17.9 Å². The summed E-state index contributed by atoms with van der Waals surface area (Å²) < 4.78 is 27.9. The van der Waals surface area contributed by atoms with Gasteiger partial charge in [-0.25, -0.2) is 13.2 Å². The van der Waals surface area contributed by atoms with Crippen LogP contribution in [0.25, 0.3) is 0 Å². The second kappa shape index (κ2) is 8.07. The molecule has 0 bridgehead atoms. The van der Waals surface area contributed by atoms with Gasteiger partial charge in [0.2, 0.25) is 0 Å². The van der Waals surface area contributed by atoms with Crippen LogP contribution >= 0.6 is 23.2 Å². The number of hydrogen-bond donors (Lipinski definition) is 1. The van der Waals surface area contributed by atoms with E-state index in [2.05, 4.69) is 5.32 Å². The number of carbonyl (C=O) groups excluding carboxylic acids is 2. The summed E-state index contributed by atoms with van der Waals surface area (Å²) in [5.41, 5.74) is 0.461. The molecule has 0 saturated heterocycles. The van der Waals surface area contributed by atoms with Crippen LogP contribution in [0, 0.1) is 0 Å². The molecule has 9 heteroatoms. The molecule has 1 amide bonds. The molecule has 0 saturated carbocycles. The number of carbonyl (C=O) groups is 2. The lowest BCUT2D eigenvalue weighted by molar-refractivity contribution is -0.123. The number of sulfone groups is 1. The number of amides is 1. The molecule has 2 aromatic carbocycles. The van der Waals surface area contributed by atoms with Crippen molar-refractivity contribution in [2.75, 3.05) is 11.6 Å². The third kappa shape index (κ3) is 5.20. The maximum absolute atomic E-state index is 12.1. The van der Waals surface area contributed by atoms with Gasteiger partial charge in [0.1, 0.15) is 0 Å². The lowest BCUT2D eigenvalue weighted by Crippen LogP contribution is -2.30. The molecule has 0 unspecified atom stereocenters. The van der Waals surface area contributed by atoms with Gasteiger partial charge < -0.3 is 10.1 Å². The number of anilines is 1. The minimum Gasteiger partial charge on any atom is -0.449 e. The number of halogens is 2. The standard InChI is InChI=1S/C17H15Cl2NO5S/c1-10(16(21)20-15-8-5-12(18)9-14(15)19)25-17(22)11-3-6-13(7-4-11)26(2,23)24/h3-10H,1-2H3,(H,20,21)/t10-/m0/s1. The van der Waals surface area contributed by atoms with Gasteiger partial charge >= 0.3 is 5.97 Å². The number of ether oxygens (including phenoxy) is 1. The molecule has 6 nitrogen and oxygen atoms in total. The topological polar surface area (TPSA) is 89.5 Å². The zero-order chi connectivity index (χ0) is 19.5. The summed E-state index contributed by atoms with van der Waals surface area (Å²) in [7, 11) is -3.36. The Hall–Kier alpha value is -2.09. The van der Waals surface area contributed by atoms with E-state index in [9.17, 15) is 18.0 Å². The lowest BCUT2D eigenvalue weighted by atomic mass is 10.2. The average molecular weight is 416 g/mol. The number of benzene rings is 2. The number of hydrogen-bond acceptors (Lipinski definition) is 5. The van der Waals surface area contributed by atoms with Crippen LogP contribution in [0.1, 0.15) is 17.3 Å². The predicted octanol–water partition coefficient (Wildman–Crippen LogP) is 3.58. The van der Waals surface area contributed by atoms with Crippen LogP contribution in [-0.2, 0) is 19.4 Å². The summed E-state index contributed by atoms with van der Waals surface area (Å²) in [5, 5.41) is 3.21. The Morgan fingerprint density at radius 3 is 2.23 bits per heavy atom. The van der Waals surface area contributed by atoms with E-state index >= 15 is 0 Å². The first-order valence-electron chi connectivity index (χ1n) is 7.35. The Morgan fingerprint density at radius 2 is 1.69 bits per heavy atom. The zero-order valence-corrected chi connectivity index (χ0v) is 16.2. The van der Waals surface area contributed by atoms with Crippen molar-refractivity contribution in [2.24, 2.45) is 0 Å². The van der Waals surface area contributed by atoms with E-state index in [0.29, 0.717) is 10.7 Å². The molecule has 0 radical (unpaired) electrons. The summed E-state index contributed by atoms with van der Waals surface area (Å²) in [6, 6.07) is 9.79. The van der Waals surface area contributed by atoms with Gasteiger partial charge in [-0.2, -0.15) is 0 Å². The molecule has 2 rings (SSSR count). The fraction of sp³-hybridized carbons (Fsp3) is 0.176. The molecular formula is C17H15Cl2NO5S. The van der Waals surface area contributed by atoms with E-state index in [0.717, 1.165) is 6.26 Å². The molecule has 0 aliphatic heterocycles. The quantitative estimate of drug-likeness (QED) is 0.753. The van der Waals surface area contributed by atoms with Crippen LogP contribution in [0.5, 0.6) is 0 Å². The maximum Gasteiger partial charge on any atom is 0.338 e. The summed E-state index contributed by atoms with van der Waals surface area (Å²) in [5.74, 6) is -1.33. The highest BCUT2D eigenvalue weighted by Gasteiger charge is 2.20. The van der Waals surface area contributed by atoms with Crippen LogP contribution < -0.4 is 5.32 Å². The number of esters is 1. The highest BCUT2D eigenvalue weighted by molar-refractivity contribution is 7.90. The number of rotatable bonds is 5. The molecule has 0 spiro atoms. The Morgan fingerprint density at radius 1 is 1.08 bits per heavy atom. The predicted molar refractivity (Wildman–Crippen MR) is 99.5 cm³/mol. The minimum atomic E-state index is -3.36. The van der Waals surface area contributed by atoms with Gasteiger partial charge in [-0.05, 0) is 49.4 Å². The molecule has 0 aromatic heterocycles. The van der Waals surface area contributed by atoms with Gasteiger partial charge in [-0.3, -0.25) is 4.79 Å². The normalized spacial score (nSPS) is 12.3. The van der Waals surface area contributed by atoms with Crippen LogP contribution in [0.2, 0.25) is 10.0 Å². The SMILES string of the molecule is C[C@H](OC(=O)c1ccc(S(C)(=O)=O)cc1)C(=O)Nc1ccc(Cl)cc1Cl. The number of nitrogens with one attached hydrogen (secondary N) is 1. The molecule has 0 aliphatic carbocycles. The molecular weight excluding hydrogens is 401 g/mol. The molecule has 0 fully saturated rings. The Labute approximate surface area is 161 Å². The molecule has 138 valence electrons. The van der Waals surface area contributed by atoms with Crippen molar-refractivity contribution >= 4 is 50.6 Å². The summed E-state index contributed by atoms with van der Waals surface area (Å²) in [4.78, 5) is 24.3. The first-order chi connectivity index (χ1) is 12.1. The smallest absolute Gasteiger partial charge is 0.338 e. The van der Waals surface area contributed by atoms with Crippen LogP contribution in [0.4, 0.5) is 5.69 Å². The van der Waals surface area contributed by atoms with E-state index in [1.807, 2.05) is 0 Å². The largest absolute Gasteiger partial charge is 0.449 e. The van der Waals surface area contributed by atoms with Crippen molar-refractivity contribution in [3.63, 3.8) is 0 Å². The van der Waals surface area contributed by atoms with Gasteiger partial charge in [0, 0.05) is 11.3 Å². The zero-order valence-electron chi connectivity index (χ0n) is 13.8. The average Bonchev–Trinajstić information content (AvgIpc) is 2.56. The molecule has 26 heavy (non-hydrogen) atoms. The van der Waals surface area contributed by atoms with Gasteiger partial charge in [0.25, 0.3) is 5.91 Å². The highest BCUT2D eigenvalue weighted by atomic mass is 35.5. The third-order valence-corrected chi connectivity index (χ3v) is 5.04. The molecule has 0 aliphatic rings. The molecule has 1 N–H and O–H groups in total. The fourth-order valence-electron chi connectivity index (χ4n) is 1.95. The van der Waals surface area contributed by atoms with Gasteiger partial charge in [-0.15, -0.1) is 0 Å².